The molecule has 0 aromatic heterocycles. The van der Waals surface area contributed by atoms with Crippen molar-refractivity contribution in [1.29, 1.82) is 0 Å². The lowest BCUT2D eigenvalue weighted by molar-refractivity contribution is -0.142. The van der Waals surface area contributed by atoms with Crippen LogP contribution in [0.15, 0.2) is 0 Å². The molecule has 1 fully saturated rings. The van der Waals surface area contributed by atoms with Crippen molar-refractivity contribution in [3.8, 4) is 0 Å². The zero-order valence-electron chi connectivity index (χ0n) is 11.0. The number of carboxylic acid groups (broad SMARTS) is 1. The number of hydrogen-bond acceptors (Lipinski definition) is 2. The van der Waals surface area contributed by atoms with Gasteiger partial charge in [-0.05, 0) is 24.7 Å². The summed E-state index contributed by atoms with van der Waals surface area (Å²) in [5.41, 5.74) is -0.0374. The fraction of sp³-hybridized carbons (Fsp3) is 0.846. The molecule has 98 valence electrons. The van der Waals surface area contributed by atoms with Gasteiger partial charge in [0.05, 0.1) is 5.92 Å². The van der Waals surface area contributed by atoms with Crippen LogP contribution in [0.3, 0.4) is 0 Å². The SMILES string of the molecule is CC(C)(C)CC(CNC(=O)C1CCC1)C(=O)O. The van der Waals surface area contributed by atoms with E-state index in [-0.39, 0.29) is 23.8 Å². The summed E-state index contributed by atoms with van der Waals surface area (Å²) in [6.07, 6.45) is 3.58. The number of aliphatic carboxylic acids is 1. The predicted molar refractivity (Wildman–Crippen MR) is 65.5 cm³/mol. The molecule has 4 heteroatoms. The van der Waals surface area contributed by atoms with E-state index in [2.05, 4.69) is 5.32 Å². The van der Waals surface area contributed by atoms with Crippen LogP contribution < -0.4 is 5.32 Å². The van der Waals surface area contributed by atoms with Gasteiger partial charge in [-0.3, -0.25) is 9.59 Å². The lowest BCUT2D eigenvalue weighted by atomic mass is 9.83. The Morgan fingerprint density at radius 3 is 2.29 bits per heavy atom. The van der Waals surface area contributed by atoms with Crippen LogP contribution in [0.1, 0.15) is 46.5 Å². The van der Waals surface area contributed by atoms with Crippen molar-refractivity contribution >= 4 is 11.9 Å². The second-order valence-electron chi connectivity index (χ2n) is 6.17. The predicted octanol–water partition coefficient (Wildman–Crippen LogP) is 2.04. The molecule has 1 aliphatic rings. The molecule has 1 unspecified atom stereocenters. The Balaban J connectivity index is 2.38. The first-order chi connectivity index (χ1) is 7.79. The summed E-state index contributed by atoms with van der Waals surface area (Å²) in [5.74, 6) is -1.16. The summed E-state index contributed by atoms with van der Waals surface area (Å²) in [4.78, 5) is 22.7. The third-order valence-corrected chi connectivity index (χ3v) is 3.21. The summed E-state index contributed by atoms with van der Waals surface area (Å²) < 4.78 is 0. The Bertz CT molecular complexity index is 290. The highest BCUT2D eigenvalue weighted by molar-refractivity contribution is 5.80. The second kappa shape index (κ2) is 5.52. The Labute approximate surface area is 103 Å². The van der Waals surface area contributed by atoms with Crippen molar-refractivity contribution < 1.29 is 14.7 Å². The highest BCUT2D eigenvalue weighted by atomic mass is 16.4. The van der Waals surface area contributed by atoms with E-state index in [0.29, 0.717) is 6.42 Å². The molecule has 1 saturated carbocycles. The van der Waals surface area contributed by atoms with Crippen molar-refractivity contribution in [3.63, 3.8) is 0 Å². The Morgan fingerprint density at radius 2 is 1.94 bits per heavy atom. The maximum Gasteiger partial charge on any atom is 0.308 e. The third kappa shape index (κ3) is 4.75. The van der Waals surface area contributed by atoms with Crippen molar-refractivity contribution in [1.82, 2.24) is 5.32 Å². The molecule has 0 bridgehead atoms. The van der Waals surface area contributed by atoms with Crippen molar-refractivity contribution in [3.05, 3.63) is 0 Å². The summed E-state index contributed by atoms with van der Waals surface area (Å²) in [7, 11) is 0. The zero-order valence-corrected chi connectivity index (χ0v) is 11.0. The molecular weight excluding hydrogens is 218 g/mol. The summed E-state index contributed by atoms with van der Waals surface area (Å²) >= 11 is 0. The van der Waals surface area contributed by atoms with Gasteiger partial charge in [-0.25, -0.2) is 0 Å². The first-order valence-corrected chi connectivity index (χ1v) is 6.30. The number of amides is 1. The van der Waals surface area contributed by atoms with Gasteiger partial charge in [-0.1, -0.05) is 27.2 Å². The highest BCUT2D eigenvalue weighted by Gasteiger charge is 2.28. The molecule has 0 spiro atoms. The molecule has 17 heavy (non-hydrogen) atoms. The van der Waals surface area contributed by atoms with Crippen LogP contribution in [-0.2, 0) is 9.59 Å². The number of nitrogens with one attached hydrogen (secondary N) is 1. The molecule has 1 atom stereocenters. The van der Waals surface area contributed by atoms with Crippen molar-refractivity contribution in [2.75, 3.05) is 6.54 Å². The minimum Gasteiger partial charge on any atom is -0.481 e. The maximum atomic E-state index is 11.6. The third-order valence-electron chi connectivity index (χ3n) is 3.21. The van der Waals surface area contributed by atoms with Gasteiger partial charge in [-0.15, -0.1) is 0 Å². The minimum atomic E-state index is -0.825. The Hall–Kier alpha value is -1.06. The number of hydrogen-bond donors (Lipinski definition) is 2. The van der Waals surface area contributed by atoms with E-state index < -0.39 is 11.9 Å². The standard InChI is InChI=1S/C13H23NO3/c1-13(2,3)7-10(12(16)17)8-14-11(15)9-5-4-6-9/h9-10H,4-8H2,1-3H3,(H,14,15)(H,16,17). The molecule has 0 radical (unpaired) electrons. The fourth-order valence-electron chi connectivity index (χ4n) is 2.02. The van der Waals surface area contributed by atoms with Crippen LogP contribution in [0.25, 0.3) is 0 Å². The van der Waals surface area contributed by atoms with Gasteiger partial charge in [-0.2, -0.15) is 0 Å². The van der Waals surface area contributed by atoms with Crippen LogP contribution in [0.4, 0.5) is 0 Å². The smallest absolute Gasteiger partial charge is 0.308 e. The lowest BCUT2D eigenvalue weighted by Gasteiger charge is -2.27. The van der Waals surface area contributed by atoms with E-state index in [0.717, 1.165) is 19.3 Å². The Kier molecular flexibility index (Phi) is 4.54. The van der Waals surface area contributed by atoms with Crippen LogP contribution >= 0.6 is 0 Å². The summed E-state index contributed by atoms with van der Waals surface area (Å²) in [5, 5.41) is 11.9. The maximum absolute atomic E-state index is 11.6. The monoisotopic (exact) mass is 241 g/mol. The van der Waals surface area contributed by atoms with Gasteiger partial charge in [0.1, 0.15) is 0 Å². The first-order valence-electron chi connectivity index (χ1n) is 6.30. The molecule has 2 N–H and O–H groups in total. The molecular formula is C13H23NO3. The molecule has 0 aliphatic heterocycles. The van der Waals surface area contributed by atoms with E-state index in [1.165, 1.54) is 0 Å². The van der Waals surface area contributed by atoms with Crippen LogP contribution in [0.2, 0.25) is 0 Å². The highest BCUT2D eigenvalue weighted by Crippen LogP contribution is 2.27. The van der Waals surface area contributed by atoms with Crippen LogP contribution in [0, 0.1) is 17.3 Å². The number of carbonyl (C=O) groups excluding carboxylic acids is 1. The van der Waals surface area contributed by atoms with E-state index >= 15 is 0 Å². The van der Waals surface area contributed by atoms with Gasteiger partial charge in [0.2, 0.25) is 5.91 Å². The number of carboxylic acids is 1. The van der Waals surface area contributed by atoms with Gasteiger partial charge in [0.25, 0.3) is 0 Å². The van der Waals surface area contributed by atoms with Crippen LogP contribution in [0.5, 0.6) is 0 Å². The van der Waals surface area contributed by atoms with Gasteiger partial charge < -0.3 is 10.4 Å². The molecule has 0 aromatic carbocycles. The largest absolute Gasteiger partial charge is 0.481 e. The lowest BCUT2D eigenvalue weighted by Crippen LogP contribution is -2.39. The number of rotatable bonds is 5. The Morgan fingerprint density at radius 1 is 1.35 bits per heavy atom. The molecule has 0 saturated heterocycles. The molecule has 0 heterocycles. The first kappa shape index (κ1) is 14.0. The van der Waals surface area contributed by atoms with Crippen molar-refractivity contribution in [2.24, 2.45) is 17.3 Å². The number of carbonyl (C=O) groups is 2. The van der Waals surface area contributed by atoms with Gasteiger partial charge in [0, 0.05) is 12.5 Å². The van der Waals surface area contributed by atoms with Crippen LogP contribution in [-0.4, -0.2) is 23.5 Å². The van der Waals surface area contributed by atoms with E-state index in [4.69, 9.17) is 5.11 Å². The van der Waals surface area contributed by atoms with Crippen molar-refractivity contribution in [2.45, 2.75) is 46.5 Å². The quantitative estimate of drug-likeness (QED) is 0.774. The van der Waals surface area contributed by atoms with Gasteiger partial charge in [0.15, 0.2) is 0 Å². The zero-order chi connectivity index (χ0) is 13.1. The summed E-state index contributed by atoms with van der Waals surface area (Å²) in [6, 6.07) is 0. The van der Waals surface area contributed by atoms with Gasteiger partial charge >= 0.3 is 5.97 Å². The molecule has 1 aliphatic carbocycles. The topological polar surface area (TPSA) is 66.4 Å². The molecule has 0 aromatic rings. The summed E-state index contributed by atoms with van der Waals surface area (Å²) in [6.45, 7) is 6.28. The average Bonchev–Trinajstić information content (AvgIpc) is 2.06. The second-order valence-corrected chi connectivity index (χ2v) is 6.17. The average molecular weight is 241 g/mol. The molecule has 1 amide bonds. The molecule has 1 rings (SSSR count). The van der Waals surface area contributed by atoms with E-state index in [1.54, 1.807) is 0 Å². The normalized spacial score (nSPS) is 18.3. The molecule has 4 nitrogen and oxygen atoms in total. The minimum absolute atomic E-state index is 0.0245. The van der Waals surface area contributed by atoms with E-state index in [1.807, 2.05) is 20.8 Å². The fourth-order valence-corrected chi connectivity index (χ4v) is 2.02. The van der Waals surface area contributed by atoms with E-state index in [9.17, 15) is 9.59 Å².